The maximum absolute atomic E-state index is 13.8. The lowest BCUT2D eigenvalue weighted by Gasteiger charge is -2.45. The molecule has 0 aromatic heterocycles. The van der Waals surface area contributed by atoms with E-state index in [-0.39, 0.29) is 0 Å². The molecule has 4 heteroatoms. The van der Waals surface area contributed by atoms with E-state index in [4.69, 9.17) is 0 Å². The summed E-state index contributed by atoms with van der Waals surface area (Å²) in [5.74, 6) is 0. The summed E-state index contributed by atoms with van der Waals surface area (Å²) in [4.78, 5) is 0. The molecule has 0 spiro atoms. The van der Waals surface area contributed by atoms with Gasteiger partial charge in [-0.2, -0.15) is 7.77 Å². The van der Waals surface area contributed by atoms with Gasteiger partial charge < -0.3 is 0 Å². The van der Waals surface area contributed by atoms with Crippen LogP contribution in [-0.4, -0.2) is 15.1 Å². The molecular formula is C8H18F2S2. The zero-order valence-electron chi connectivity index (χ0n) is 8.57. The van der Waals surface area contributed by atoms with Crippen molar-refractivity contribution in [3.05, 3.63) is 0 Å². The van der Waals surface area contributed by atoms with Crippen molar-refractivity contribution in [2.75, 3.05) is 6.26 Å². The second kappa shape index (κ2) is 3.37. The molecule has 76 valence electrons. The van der Waals surface area contributed by atoms with Gasteiger partial charge in [0.1, 0.15) is 0 Å². The first-order valence-corrected chi connectivity index (χ1v) is 6.49. The minimum Gasteiger partial charge on any atom is -0.156 e. The largest absolute Gasteiger partial charge is 0.156 e. The van der Waals surface area contributed by atoms with Gasteiger partial charge in [0.2, 0.25) is 0 Å². The molecule has 0 aliphatic carbocycles. The molecule has 0 aromatic carbocycles. The smallest absolute Gasteiger partial charge is 0.0930 e. The van der Waals surface area contributed by atoms with E-state index in [0.717, 1.165) is 0 Å². The van der Waals surface area contributed by atoms with Crippen LogP contribution in [-0.2, 0) is 0 Å². The molecule has 0 aliphatic heterocycles. The molecule has 0 nitrogen and oxygen atoms in total. The summed E-state index contributed by atoms with van der Waals surface area (Å²) < 4.78 is 25.7. The molecule has 0 saturated heterocycles. The molecule has 12 heavy (non-hydrogen) atoms. The molecule has 0 amide bonds. The summed E-state index contributed by atoms with van der Waals surface area (Å²) in [6.07, 6.45) is 1.74. The first-order valence-electron chi connectivity index (χ1n) is 3.83. The molecule has 0 saturated carbocycles. The Morgan fingerprint density at radius 3 is 1.42 bits per heavy atom. The minimum atomic E-state index is -3.56. The van der Waals surface area contributed by atoms with Gasteiger partial charge in [0.05, 0.1) is 14.9 Å². The van der Waals surface area contributed by atoms with Crippen LogP contribution in [0.15, 0.2) is 0 Å². The second-order valence-corrected chi connectivity index (χ2v) is 9.06. The Morgan fingerprint density at radius 1 is 1.00 bits per heavy atom. The lowest BCUT2D eigenvalue weighted by atomic mass is 10.3. The van der Waals surface area contributed by atoms with Gasteiger partial charge >= 0.3 is 0 Å². The lowest BCUT2D eigenvalue weighted by molar-refractivity contribution is 0.611. The molecule has 0 aliphatic rings. The van der Waals surface area contributed by atoms with E-state index in [1.807, 2.05) is 0 Å². The second-order valence-electron chi connectivity index (χ2n) is 4.19. The highest BCUT2D eigenvalue weighted by atomic mass is 32.3. The number of rotatable bonds is 2. The maximum Gasteiger partial charge on any atom is 0.0930 e. The van der Waals surface area contributed by atoms with Gasteiger partial charge in [-0.05, 0) is 40.9 Å². The van der Waals surface area contributed by atoms with Crippen LogP contribution in [0.25, 0.3) is 0 Å². The van der Waals surface area contributed by atoms with E-state index in [0.29, 0.717) is 0 Å². The van der Waals surface area contributed by atoms with Gasteiger partial charge in [0.15, 0.2) is 0 Å². The average molecular weight is 216 g/mol. The van der Waals surface area contributed by atoms with Crippen LogP contribution in [0.3, 0.4) is 0 Å². The van der Waals surface area contributed by atoms with Crippen LogP contribution in [0.2, 0.25) is 0 Å². The fraction of sp³-hybridized carbons (Fsp3) is 1.00. The van der Waals surface area contributed by atoms with E-state index < -0.39 is 19.6 Å². The summed E-state index contributed by atoms with van der Waals surface area (Å²) in [5, 5.41) is 0. The number of hydrogen-bond acceptors (Lipinski definition) is 1. The van der Waals surface area contributed by atoms with E-state index in [2.05, 4.69) is 0 Å². The first kappa shape index (κ1) is 12.6. The highest BCUT2D eigenvalue weighted by molar-refractivity contribution is 8.35. The molecule has 0 bridgehead atoms. The Morgan fingerprint density at radius 2 is 1.33 bits per heavy atom. The molecule has 0 N–H and O–H groups in total. The van der Waals surface area contributed by atoms with Crippen LogP contribution >= 0.6 is 22.6 Å². The summed E-state index contributed by atoms with van der Waals surface area (Å²) in [5.41, 5.74) is 0. The third-order valence-electron chi connectivity index (χ3n) is 1.88. The van der Waals surface area contributed by atoms with Gasteiger partial charge in [-0.25, -0.2) is 0 Å². The Kier molecular flexibility index (Phi) is 3.53. The van der Waals surface area contributed by atoms with Crippen LogP contribution in [0, 0.1) is 0 Å². The maximum atomic E-state index is 13.8. The third kappa shape index (κ3) is 2.08. The topological polar surface area (TPSA) is 0 Å². The standard InChI is InChI=1S/C8H18F2S2/c1-7(2,3)12(9,10)8(4,5)11-6/h1-6H3. The molecule has 0 rings (SSSR count). The normalized spacial score (nSPS) is 16.3. The third-order valence-corrected chi connectivity index (χ3v) is 6.76. The van der Waals surface area contributed by atoms with Gasteiger partial charge in [0, 0.05) is 4.75 Å². The SMILES string of the molecule is CSC(C)(C)S(F)(F)C(C)(C)C. The van der Waals surface area contributed by atoms with Crippen molar-refractivity contribution in [1.29, 1.82) is 0 Å². The van der Waals surface area contributed by atoms with Gasteiger partial charge in [-0.1, -0.05) is 0 Å². The number of thioether (sulfide) groups is 1. The predicted molar refractivity (Wildman–Crippen MR) is 57.2 cm³/mol. The quantitative estimate of drug-likeness (QED) is 0.657. The first-order chi connectivity index (χ1) is 5.06. The number of hydrogen-bond donors (Lipinski definition) is 0. The Balaban J connectivity index is 4.85. The summed E-state index contributed by atoms with van der Waals surface area (Å²) >= 11 is 1.25. The summed E-state index contributed by atoms with van der Waals surface area (Å²) in [6, 6.07) is 0. The molecular weight excluding hydrogens is 198 g/mol. The van der Waals surface area contributed by atoms with Crippen molar-refractivity contribution in [2.24, 2.45) is 0 Å². The molecule has 0 fully saturated rings. The highest BCUT2D eigenvalue weighted by Gasteiger charge is 2.50. The van der Waals surface area contributed by atoms with Gasteiger partial charge in [-0.15, -0.1) is 11.8 Å². The Labute approximate surface area is 80.4 Å². The zero-order chi connectivity index (χ0) is 10.2. The van der Waals surface area contributed by atoms with Crippen molar-refractivity contribution >= 4 is 22.6 Å². The zero-order valence-corrected chi connectivity index (χ0v) is 10.2. The van der Waals surface area contributed by atoms with Gasteiger partial charge in [-0.3, -0.25) is 0 Å². The van der Waals surface area contributed by atoms with Crippen LogP contribution < -0.4 is 0 Å². The Bertz CT molecular complexity index is 159. The van der Waals surface area contributed by atoms with E-state index >= 15 is 0 Å². The van der Waals surface area contributed by atoms with Crippen molar-refractivity contribution in [2.45, 2.75) is 43.4 Å². The van der Waals surface area contributed by atoms with Crippen LogP contribution in [0.1, 0.15) is 34.6 Å². The molecule has 0 atom stereocenters. The van der Waals surface area contributed by atoms with E-state index in [1.165, 1.54) is 11.8 Å². The minimum absolute atomic E-state index is 0.889. The highest BCUT2D eigenvalue weighted by Crippen LogP contribution is 2.73. The molecule has 0 heterocycles. The summed E-state index contributed by atoms with van der Waals surface area (Å²) in [6.45, 7) is 8.08. The number of halogens is 2. The Hall–Kier alpha value is 0.560. The fourth-order valence-corrected chi connectivity index (χ4v) is 3.90. The van der Waals surface area contributed by atoms with Crippen molar-refractivity contribution in [3.8, 4) is 0 Å². The average Bonchev–Trinajstić information content (AvgIpc) is 1.85. The van der Waals surface area contributed by atoms with Crippen molar-refractivity contribution in [1.82, 2.24) is 0 Å². The van der Waals surface area contributed by atoms with Crippen molar-refractivity contribution < 1.29 is 7.77 Å². The molecule has 0 unspecified atom stereocenters. The lowest BCUT2D eigenvalue weighted by Crippen LogP contribution is -2.32. The molecule has 0 aromatic rings. The van der Waals surface area contributed by atoms with Crippen LogP contribution in [0.4, 0.5) is 7.77 Å². The molecule has 0 radical (unpaired) electrons. The van der Waals surface area contributed by atoms with Gasteiger partial charge in [0.25, 0.3) is 0 Å². The predicted octanol–water partition coefficient (Wildman–Crippen LogP) is 4.46. The van der Waals surface area contributed by atoms with E-state index in [9.17, 15) is 7.77 Å². The summed E-state index contributed by atoms with van der Waals surface area (Å²) in [7, 11) is -3.56. The monoisotopic (exact) mass is 216 g/mol. The van der Waals surface area contributed by atoms with Crippen molar-refractivity contribution in [3.63, 3.8) is 0 Å². The van der Waals surface area contributed by atoms with Crippen LogP contribution in [0.5, 0.6) is 0 Å². The van der Waals surface area contributed by atoms with E-state index in [1.54, 1.807) is 40.9 Å². The fourth-order valence-electron chi connectivity index (χ4n) is 0.842.